The summed E-state index contributed by atoms with van der Waals surface area (Å²) in [6, 6.07) is 0. The van der Waals surface area contributed by atoms with E-state index in [0.29, 0.717) is 6.42 Å². The van der Waals surface area contributed by atoms with Gasteiger partial charge in [0.25, 0.3) is 0 Å². The van der Waals surface area contributed by atoms with Crippen LogP contribution in [0, 0.1) is 10.8 Å². The topological polar surface area (TPSA) is 40.1 Å². The van der Waals surface area contributed by atoms with Crippen molar-refractivity contribution in [3.8, 4) is 10.8 Å². The highest BCUT2D eigenvalue weighted by molar-refractivity contribution is 9.12. The number of hydrogen-bond donors (Lipinski definition) is 0. The molecule has 0 aliphatic heterocycles. The summed E-state index contributed by atoms with van der Waals surface area (Å²) in [4.78, 5) is 2.41. The molecule has 0 bridgehead atoms. The molecule has 0 N–H and O–H groups in total. The van der Waals surface area contributed by atoms with Crippen molar-refractivity contribution in [3.63, 3.8) is 0 Å². The average molecular weight is 196 g/mol. The Labute approximate surface area is 59.1 Å². The summed E-state index contributed by atoms with van der Waals surface area (Å²) >= 11 is 0.897. The summed E-state index contributed by atoms with van der Waals surface area (Å²) in [7, 11) is 0. The lowest BCUT2D eigenvalue weighted by atomic mass is 10.5. The molecule has 0 aromatic rings. The van der Waals surface area contributed by atoms with E-state index in [0.717, 1.165) is 0 Å². The van der Waals surface area contributed by atoms with E-state index in [1.165, 1.54) is 0 Å². The van der Waals surface area contributed by atoms with Crippen molar-refractivity contribution >= 4 is 27.0 Å². The fourth-order valence-electron chi connectivity index (χ4n) is 0.182. The van der Waals surface area contributed by atoms with Gasteiger partial charge in [-0.15, -0.1) is 0 Å². The van der Waals surface area contributed by atoms with Crippen LogP contribution in [0.2, 0.25) is 0 Å². The summed E-state index contributed by atoms with van der Waals surface area (Å²) in [6.45, 7) is 0. The van der Waals surface area contributed by atoms with E-state index in [-0.39, 0.29) is 5.75 Å². The number of hydrogen-bond acceptors (Lipinski definition) is 2. The maximum atomic E-state index is 9.79. The van der Waals surface area contributed by atoms with Crippen LogP contribution in [0.4, 0.5) is 0 Å². The van der Waals surface area contributed by atoms with E-state index in [1.807, 2.05) is 0 Å². The smallest absolute Gasteiger partial charge is 0.0212 e. The molecule has 0 aromatic heterocycles. The van der Waals surface area contributed by atoms with Crippen molar-refractivity contribution in [1.82, 2.24) is 0 Å². The summed E-state index contributed by atoms with van der Waals surface area (Å²) in [6.07, 6.45) is 0.404. The van der Waals surface area contributed by atoms with Gasteiger partial charge in [-0.3, -0.25) is 4.21 Å². The zero-order valence-electron chi connectivity index (χ0n) is 4.02. The summed E-state index contributed by atoms with van der Waals surface area (Å²) in [5, 5.41) is 0. The molecule has 0 amide bonds. The third-order valence-electron chi connectivity index (χ3n) is 0.461. The van der Waals surface area contributed by atoms with Crippen molar-refractivity contribution in [2.75, 3.05) is 5.75 Å². The van der Waals surface area contributed by atoms with E-state index < -0.39 is 11.1 Å². The summed E-state index contributed by atoms with van der Waals surface area (Å²) < 4.78 is 19.6. The van der Waals surface area contributed by atoms with E-state index in [1.54, 1.807) is 0 Å². The summed E-state index contributed by atoms with van der Waals surface area (Å²) in [5.74, 6) is 2.68. The van der Waals surface area contributed by atoms with Gasteiger partial charge in [-0.2, -0.15) is 0 Å². The van der Waals surface area contributed by atoms with E-state index in [2.05, 4.69) is 26.7 Å². The predicted molar refractivity (Wildman–Crippen MR) is 35.1 cm³/mol. The number of halogens is 1. The van der Waals surface area contributed by atoms with Gasteiger partial charge in [0.15, 0.2) is 0 Å². The van der Waals surface area contributed by atoms with Crippen LogP contribution in [0.15, 0.2) is 0 Å². The molecule has 0 aliphatic carbocycles. The van der Waals surface area contributed by atoms with Gasteiger partial charge >= 0.3 is 0 Å². The highest BCUT2D eigenvalue weighted by atomic mass is 79.9. The molecule has 1 unspecified atom stereocenters. The van der Waals surface area contributed by atoms with Crippen molar-refractivity contribution < 1.29 is 8.76 Å². The maximum Gasteiger partial charge on any atom is 0.0212 e. The largest absolute Gasteiger partial charge is 0.772 e. The Bertz CT molecular complexity index is 135. The molecule has 0 aromatic carbocycles. The molecule has 0 rings (SSSR count). The Kier molecular flexibility index (Phi) is 5.39. The molecule has 0 fully saturated rings. The lowest BCUT2D eigenvalue weighted by Gasteiger charge is -1.97. The van der Waals surface area contributed by atoms with Crippen molar-refractivity contribution in [2.45, 2.75) is 6.42 Å². The lowest BCUT2D eigenvalue weighted by Crippen LogP contribution is -1.92. The molecule has 0 heterocycles. The standard InChI is InChI=1S/C4H5BrO2S/c5-3-1-2-4-8(6)7/h2,4H2,(H,6,7)/p-1. The molecular weight excluding hydrogens is 192 g/mol. The molecule has 46 valence electrons. The van der Waals surface area contributed by atoms with Gasteiger partial charge in [0.05, 0.1) is 0 Å². The fourth-order valence-corrected chi connectivity index (χ4v) is 0.649. The van der Waals surface area contributed by atoms with Crippen LogP contribution in [-0.2, 0) is 11.1 Å². The van der Waals surface area contributed by atoms with Crippen LogP contribution in [-0.4, -0.2) is 14.5 Å². The molecule has 1 atom stereocenters. The van der Waals surface area contributed by atoms with Crippen molar-refractivity contribution in [1.29, 1.82) is 0 Å². The highest BCUT2D eigenvalue weighted by Gasteiger charge is 1.77. The fraction of sp³-hybridized carbons (Fsp3) is 0.500. The minimum atomic E-state index is -1.94. The Morgan fingerprint density at radius 2 is 2.38 bits per heavy atom. The van der Waals surface area contributed by atoms with Crippen molar-refractivity contribution in [3.05, 3.63) is 0 Å². The van der Waals surface area contributed by atoms with E-state index >= 15 is 0 Å². The van der Waals surface area contributed by atoms with Gasteiger partial charge in [-0.1, -0.05) is 17.0 Å². The first kappa shape index (κ1) is 8.15. The second-order valence-electron chi connectivity index (χ2n) is 1.03. The number of rotatable bonds is 2. The third-order valence-corrected chi connectivity index (χ3v) is 1.28. The third kappa shape index (κ3) is 6.15. The van der Waals surface area contributed by atoms with Gasteiger partial charge in [0, 0.05) is 28.1 Å². The van der Waals surface area contributed by atoms with Gasteiger partial charge in [0.2, 0.25) is 0 Å². The first-order chi connectivity index (χ1) is 3.77. The van der Waals surface area contributed by atoms with Gasteiger partial charge in [-0.25, -0.2) is 0 Å². The van der Waals surface area contributed by atoms with Crippen LogP contribution in [0.1, 0.15) is 6.42 Å². The first-order valence-corrected chi connectivity index (χ1v) is 3.95. The Balaban J connectivity index is 3.14. The van der Waals surface area contributed by atoms with Crippen LogP contribution in [0.3, 0.4) is 0 Å². The zero-order valence-corrected chi connectivity index (χ0v) is 6.42. The van der Waals surface area contributed by atoms with Gasteiger partial charge in [-0.05, 0) is 4.83 Å². The first-order valence-electron chi connectivity index (χ1n) is 1.91. The second-order valence-corrected chi connectivity index (χ2v) is 2.44. The molecule has 0 radical (unpaired) electrons. The Morgan fingerprint density at radius 3 is 2.75 bits per heavy atom. The molecule has 8 heavy (non-hydrogen) atoms. The minimum absolute atomic E-state index is 0.124. The molecule has 2 nitrogen and oxygen atoms in total. The molecule has 0 spiro atoms. The van der Waals surface area contributed by atoms with Crippen molar-refractivity contribution in [2.24, 2.45) is 0 Å². The predicted octanol–water partition coefficient (Wildman–Crippen LogP) is 0.611. The molecular formula is C4H4BrO2S-. The van der Waals surface area contributed by atoms with Crippen LogP contribution in [0.5, 0.6) is 0 Å². The normalized spacial score (nSPS) is 11.8. The molecule has 0 aliphatic rings. The van der Waals surface area contributed by atoms with E-state index in [9.17, 15) is 8.76 Å². The van der Waals surface area contributed by atoms with Gasteiger partial charge < -0.3 is 4.55 Å². The Hall–Kier alpha value is 0.150. The summed E-state index contributed by atoms with van der Waals surface area (Å²) in [5.41, 5.74) is 0. The second kappa shape index (κ2) is 5.29. The minimum Gasteiger partial charge on any atom is -0.772 e. The van der Waals surface area contributed by atoms with Crippen LogP contribution >= 0.6 is 15.9 Å². The van der Waals surface area contributed by atoms with Gasteiger partial charge in [0.1, 0.15) is 0 Å². The lowest BCUT2D eigenvalue weighted by molar-refractivity contribution is 0.537. The monoisotopic (exact) mass is 195 g/mol. The van der Waals surface area contributed by atoms with Crippen LogP contribution in [0.25, 0.3) is 0 Å². The maximum absolute atomic E-state index is 9.79. The highest BCUT2D eigenvalue weighted by Crippen LogP contribution is 1.80. The quantitative estimate of drug-likeness (QED) is 0.479. The SMILES string of the molecule is O=S([O-])CCC#CBr. The molecule has 0 saturated heterocycles. The van der Waals surface area contributed by atoms with Crippen LogP contribution < -0.4 is 0 Å². The Morgan fingerprint density at radius 1 is 1.75 bits per heavy atom. The average Bonchev–Trinajstić information content (AvgIpc) is 1.66. The molecule has 0 saturated carbocycles. The zero-order chi connectivity index (χ0) is 6.41. The molecule has 4 heteroatoms. The van der Waals surface area contributed by atoms with E-state index in [4.69, 9.17) is 0 Å².